The Bertz CT molecular complexity index is 431. The predicted octanol–water partition coefficient (Wildman–Crippen LogP) is 1.91. The molecule has 0 bridgehead atoms. The minimum Gasteiger partial charge on any atom is -0.409 e. The molecule has 0 spiro atoms. The van der Waals surface area contributed by atoms with E-state index in [2.05, 4.69) is 11.2 Å². The molecule has 0 fully saturated rings. The van der Waals surface area contributed by atoms with Crippen LogP contribution in [0.15, 0.2) is 22.7 Å². The number of likely N-dealkylation sites (N-methyl/N-ethyl adjacent to an activating group) is 1. The van der Waals surface area contributed by atoms with Crippen LogP contribution in [0.5, 0.6) is 0 Å². The van der Waals surface area contributed by atoms with Gasteiger partial charge in [-0.2, -0.15) is 0 Å². The summed E-state index contributed by atoms with van der Waals surface area (Å²) in [6.07, 6.45) is 1.33. The molecule has 0 aliphatic carbocycles. The zero-order valence-electron chi connectivity index (χ0n) is 11.5. The molecule has 0 saturated heterocycles. The fourth-order valence-corrected chi connectivity index (χ4v) is 2.73. The Labute approximate surface area is 117 Å². The van der Waals surface area contributed by atoms with E-state index in [0.717, 1.165) is 6.42 Å². The number of oxime groups is 1. The predicted molar refractivity (Wildman–Crippen MR) is 77.4 cm³/mol. The first-order valence-corrected chi connectivity index (χ1v) is 7.15. The molecule has 19 heavy (non-hydrogen) atoms. The SMILES string of the molecule is CCC(C(=O)N(C)C(C)Cc1cccs1)C(N)=NO. The molecule has 5 nitrogen and oxygen atoms in total. The van der Waals surface area contributed by atoms with Crippen LogP contribution in [0.3, 0.4) is 0 Å². The van der Waals surface area contributed by atoms with Crippen molar-refractivity contribution in [1.29, 1.82) is 0 Å². The summed E-state index contributed by atoms with van der Waals surface area (Å²) in [4.78, 5) is 15.2. The second-order valence-corrected chi connectivity index (χ2v) is 5.60. The van der Waals surface area contributed by atoms with Gasteiger partial charge in [0.15, 0.2) is 5.84 Å². The Morgan fingerprint density at radius 3 is 2.79 bits per heavy atom. The molecule has 0 saturated carbocycles. The van der Waals surface area contributed by atoms with Crippen LogP contribution in [0.2, 0.25) is 0 Å². The fraction of sp³-hybridized carbons (Fsp3) is 0.538. The topological polar surface area (TPSA) is 78.9 Å². The van der Waals surface area contributed by atoms with Crippen LogP contribution in [-0.4, -0.2) is 34.9 Å². The average molecular weight is 283 g/mol. The highest BCUT2D eigenvalue weighted by Crippen LogP contribution is 2.16. The highest BCUT2D eigenvalue weighted by Gasteiger charge is 2.27. The maximum atomic E-state index is 12.3. The molecule has 106 valence electrons. The lowest BCUT2D eigenvalue weighted by atomic mass is 10.0. The number of hydrogen-bond acceptors (Lipinski definition) is 4. The van der Waals surface area contributed by atoms with Crippen molar-refractivity contribution < 1.29 is 10.0 Å². The van der Waals surface area contributed by atoms with Gasteiger partial charge in [-0.1, -0.05) is 18.1 Å². The average Bonchev–Trinajstić information content (AvgIpc) is 2.90. The van der Waals surface area contributed by atoms with Crippen LogP contribution in [0.25, 0.3) is 0 Å². The van der Waals surface area contributed by atoms with Gasteiger partial charge in [0.25, 0.3) is 0 Å². The zero-order chi connectivity index (χ0) is 14.4. The van der Waals surface area contributed by atoms with E-state index in [4.69, 9.17) is 10.9 Å². The maximum absolute atomic E-state index is 12.3. The van der Waals surface area contributed by atoms with Crippen molar-refractivity contribution in [2.45, 2.75) is 32.7 Å². The van der Waals surface area contributed by atoms with Gasteiger partial charge < -0.3 is 15.8 Å². The number of nitrogens with two attached hydrogens (primary N) is 1. The third kappa shape index (κ3) is 3.96. The Kier molecular flexibility index (Phi) is 5.82. The molecule has 2 atom stereocenters. The van der Waals surface area contributed by atoms with E-state index in [0.29, 0.717) is 6.42 Å². The van der Waals surface area contributed by atoms with Crippen molar-refractivity contribution in [3.05, 3.63) is 22.4 Å². The second kappa shape index (κ2) is 7.13. The molecule has 0 aliphatic rings. The molecular weight excluding hydrogens is 262 g/mol. The number of nitrogens with zero attached hydrogens (tertiary/aromatic N) is 2. The minimum atomic E-state index is -0.555. The molecule has 2 unspecified atom stereocenters. The lowest BCUT2D eigenvalue weighted by Gasteiger charge is -2.28. The minimum absolute atomic E-state index is 0.0253. The highest BCUT2D eigenvalue weighted by molar-refractivity contribution is 7.09. The molecule has 1 amide bonds. The first kappa shape index (κ1) is 15.5. The number of carbonyl (C=O) groups is 1. The molecule has 1 aromatic rings. The Hall–Kier alpha value is -1.56. The quantitative estimate of drug-likeness (QED) is 0.362. The number of carbonyl (C=O) groups excluding carboxylic acids is 1. The van der Waals surface area contributed by atoms with E-state index in [1.807, 2.05) is 25.3 Å². The summed E-state index contributed by atoms with van der Waals surface area (Å²) in [6, 6.07) is 4.13. The van der Waals surface area contributed by atoms with Crippen molar-refractivity contribution in [2.75, 3.05) is 7.05 Å². The summed E-state index contributed by atoms with van der Waals surface area (Å²) >= 11 is 1.68. The normalized spacial score (nSPS) is 15.0. The van der Waals surface area contributed by atoms with Crippen LogP contribution in [0, 0.1) is 5.92 Å². The summed E-state index contributed by atoms with van der Waals surface area (Å²) in [5, 5.41) is 13.7. The van der Waals surface area contributed by atoms with Crippen LogP contribution in [0.4, 0.5) is 0 Å². The second-order valence-electron chi connectivity index (χ2n) is 4.57. The van der Waals surface area contributed by atoms with Crippen LogP contribution in [0.1, 0.15) is 25.1 Å². The number of thiophene rings is 1. The first-order valence-electron chi connectivity index (χ1n) is 6.27. The van der Waals surface area contributed by atoms with E-state index in [-0.39, 0.29) is 17.8 Å². The van der Waals surface area contributed by atoms with Gasteiger partial charge >= 0.3 is 0 Å². The van der Waals surface area contributed by atoms with Crippen LogP contribution >= 0.6 is 11.3 Å². The molecule has 1 heterocycles. The Morgan fingerprint density at radius 1 is 1.63 bits per heavy atom. The fourth-order valence-electron chi connectivity index (χ4n) is 1.90. The number of amidine groups is 1. The van der Waals surface area contributed by atoms with E-state index in [9.17, 15) is 4.79 Å². The third-order valence-corrected chi connectivity index (χ3v) is 4.16. The lowest BCUT2D eigenvalue weighted by molar-refractivity contribution is -0.133. The molecule has 3 N–H and O–H groups in total. The van der Waals surface area contributed by atoms with Crippen LogP contribution < -0.4 is 5.73 Å². The summed E-state index contributed by atoms with van der Waals surface area (Å²) in [7, 11) is 1.76. The zero-order valence-corrected chi connectivity index (χ0v) is 12.4. The van der Waals surface area contributed by atoms with Crippen LogP contribution in [-0.2, 0) is 11.2 Å². The van der Waals surface area contributed by atoms with Crippen molar-refractivity contribution in [1.82, 2.24) is 4.90 Å². The third-order valence-electron chi connectivity index (χ3n) is 3.26. The van der Waals surface area contributed by atoms with E-state index in [1.54, 1.807) is 23.3 Å². The molecule has 6 heteroatoms. The van der Waals surface area contributed by atoms with Crippen molar-refractivity contribution in [3.8, 4) is 0 Å². The monoisotopic (exact) mass is 283 g/mol. The van der Waals surface area contributed by atoms with Gasteiger partial charge in [0.05, 0.1) is 5.92 Å². The first-order chi connectivity index (χ1) is 9.01. The smallest absolute Gasteiger partial charge is 0.233 e. The van der Waals surface area contributed by atoms with Crippen molar-refractivity contribution >= 4 is 23.1 Å². The summed E-state index contributed by atoms with van der Waals surface area (Å²) < 4.78 is 0. The number of rotatable bonds is 6. The summed E-state index contributed by atoms with van der Waals surface area (Å²) in [6.45, 7) is 3.84. The highest BCUT2D eigenvalue weighted by atomic mass is 32.1. The largest absolute Gasteiger partial charge is 0.409 e. The molecule has 0 aromatic carbocycles. The van der Waals surface area contributed by atoms with Gasteiger partial charge in [-0.3, -0.25) is 4.79 Å². The number of amides is 1. The molecule has 1 aromatic heterocycles. The van der Waals surface area contributed by atoms with E-state index in [1.165, 1.54) is 4.88 Å². The van der Waals surface area contributed by atoms with Crippen molar-refractivity contribution in [2.24, 2.45) is 16.8 Å². The van der Waals surface area contributed by atoms with E-state index >= 15 is 0 Å². The maximum Gasteiger partial charge on any atom is 0.233 e. The molecule has 0 aliphatic heterocycles. The summed E-state index contributed by atoms with van der Waals surface area (Å²) in [5.74, 6) is -0.690. The van der Waals surface area contributed by atoms with Gasteiger partial charge in [0, 0.05) is 24.4 Å². The standard InChI is InChI=1S/C13H21N3O2S/c1-4-11(12(14)15-18)13(17)16(3)9(2)8-10-6-5-7-19-10/h5-7,9,11,18H,4,8H2,1-3H3,(H2,14,15). The van der Waals surface area contributed by atoms with Gasteiger partial charge in [0.2, 0.25) is 5.91 Å². The van der Waals surface area contributed by atoms with Gasteiger partial charge in [-0.05, 0) is 24.8 Å². The number of hydrogen-bond donors (Lipinski definition) is 2. The Balaban J connectivity index is 2.69. The Morgan fingerprint density at radius 2 is 2.32 bits per heavy atom. The summed E-state index contributed by atoms with van der Waals surface area (Å²) in [5.41, 5.74) is 5.56. The van der Waals surface area contributed by atoms with Gasteiger partial charge in [-0.15, -0.1) is 11.3 Å². The van der Waals surface area contributed by atoms with Gasteiger partial charge in [0.1, 0.15) is 0 Å². The molecule has 1 rings (SSSR count). The van der Waals surface area contributed by atoms with Crippen molar-refractivity contribution in [3.63, 3.8) is 0 Å². The van der Waals surface area contributed by atoms with Gasteiger partial charge in [-0.25, -0.2) is 0 Å². The van der Waals surface area contributed by atoms with E-state index < -0.39 is 5.92 Å². The lowest BCUT2D eigenvalue weighted by Crippen LogP contribution is -2.44. The molecule has 0 radical (unpaired) electrons. The molecular formula is C13H21N3O2S.